The molecule has 4 aromatic rings. The second kappa shape index (κ2) is 9.31. The molecule has 5 nitrogen and oxygen atoms in total. The summed E-state index contributed by atoms with van der Waals surface area (Å²) in [6.07, 6.45) is 4.99. The Balaban J connectivity index is 1.27. The highest BCUT2D eigenvalue weighted by molar-refractivity contribution is 6.21. The average molecular weight is 492 g/mol. The highest BCUT2D eigenvalue weighted by Crippen LogP contribution is 2.47. The zero-order valence-electron chi connectivity index (χ0n) is 21.5. The molecule has 0 radical (unpaired) electrons. The van der Waals surface area contributed by atoms with Gasteiger partial charge >= 0.3 is 0 Å². The molecule has 1 aromatic heterocycles. The second-order valence-electron chi connectivity index (χ2n) is 10.7. The number of nitrogens with one attached hydrogen (secondary N) is 1. The number of rotatable bonds is 6. The fourth-order valence-corrected chi connectivity index (χ4v) is 6.63. The number of nitrogens with zero attached hydrogens (tertiary/aromatic N) is 2. The number of H-pyrrole nitrogens is 1. The van der Waals surface area contributed by atoms with Crippen molar-refractivity contribution < 1.29 is 9.59 Å². The summed E-state index contributed by atoms with van der Waals surface area (Å²) in [6, 6.07) is 26.4. The van der Waals surface area contributed by atoms with Gasteiger partial charge in [-0.15, -0.1) is 0 Å². The van der Waals surface area contributed by atoms with Gasteiger partial charge in [0.1, 0.15) is 0 Å². The van der Waals surface area contributed by atoms with E-state index in [1.807, 2.05) is 12.1 Å². The van der Waals surface area contributed by atoms with E-state index in [0.717, 1.165) is 31.2 Å². The van der Waals surface area contributed by atoms with Crippen molar-refractivity contribution in [1.29, 1.82) is 0 Å². The Hall–Kier alpha value is -3.70. The lowest BCUT2D eigenvalue weighted by Gasteiger charge is -2.45. The van der Waals surface area contributed by atoms with Gasteiger partial charge in [-0.1, -0.05) is 60.7 Å². The Morgan fingerprint density at radius 1 is 0.838 bits per heavy atom. The molecule has 1 N–H and O–H groups in total. The molecule has 6 rings (SSSR count). The van der Waals surface area contributed by atoms with Gasteiger partial charge in [-0.05, 0) is 81.4 Å². The maximum absolute atomic E-state index is 13.0. The minimum atomic E-state index is -0.182. The minimum absolute atomic E-state index is 0.0457. The minimum Gasteiger partial charge on any atom is -0.358 e. The van der Waals surface area contributed by atoms with Gasteiger partial charge in [-0.25, -0.2) is 0 Å². The van der Waals surface area contributed by atoms with Crippen molar-refractivity contribution in [2.24, 2.45) is 0 Å². The van der Waals surface area contributed by atoms with E-state index < -0.39 is 0 Å². The number of carbonyl (C=O) groups is 2. The van der Waals surface area contributed by atoms with Crippen LogP contribution in [0.1, 0.15) is 69.1 Å². The first-order valence-corrected chi connectivity index (χ1v) is 13.3. The van der Waals surface area contributed by atoms with Crippen LogP contribution in [0, 0.1) is 0 Å². The number of amides is 2. The lowest BCUT2D eigenvalue weighted by molar-refractivity contribution is 0.0656. The number of hydrogen-bond donors (Lipinski definition) is 1. The maximum atomic E-state index is 13.0. The first-order valence-electron chi connectivity index (χ1n) is 13.3. The zero-order chi connectivity index (χ0) is 25.6. The van der Waals surface area contributed by atoms with Crippen LogP contribution in [0.4, 0.5) is 0 Å². The van der Waals surface area contributed by atoms with Crippen molar-refractivity contribution in [3.05, 3.63) is 107 Å². The normalized spacial score (nSPS) is 21.7. The summed E-state index contributed by atoms with van der Waals surface area (Å²) in [5.74, 6) is 0.0536. The van der Waals surface area contributed by atoms with Gasteiger partial charge in [0.05, 0.1) is 11.1 Å². The number of aromatic amines is 1. The van der Waals surface area contributed by atoms with Crippen LogP contribution in [0.15, 0.2) is 78.9 Å². The van der Waals surface area contributed by atoms with Crippen molar-refractivity contribution in [3.63, 3.8) is 0 Å². The predicted octanol–water partition coefficient (Wildman–Crippen LogP) is 6.12. The number of imide groups is 1. The fraction of sp³-hybridized carbons (Fsp3) is 0.312. The van der Waals surface area contributed by atoms with Crippen molar-refractivity contribution >= 4 is 22.7 Å². The second-order valence-corrected chi connectivity index (χ2v) is 10.7. The Labute approximate surface area is 218 Å². The van der Waals surface area contributed by atoms with Crippen LogP contribution in [0.5, 0.6) is 0 Å². The molecule has 2 amide bonds. The SMILES string of the molecule is CN(C)C1(c2ccccc2)CCC(c2[nH]c3ccccc3c2CCN2C(=O)c3ccccc3C2=O)CC1. The molecule has 0 atom stereocenters. The quantitative estimate of drug-likeness (QED) is 0.331. The van der Waals surface area contributed by atoms with Crippen LogP contribution < -0.4 is 0 Å². The zero-order valence-corrected chi connectivity index (χ0v) is 21.5. The van der Waals surface area contributed by atoms with Crippen LogP contribution in [0.3, 0.4) is 0 Å². The van der Waals surface area contributed by atoms with E-state index in [-0.39, 0.29) is 17.4 Å². The van der Waals surface area contributed by atoms with Crippen LogP contribution >= 0.6 is 0 Å². The van der Waals surface area contributed by atoms with Gasteiger partial charge in [-0.3, -0.25) is 19.4 Å². The topological polar surface area (TPSA) is 56.4 Å². The van der Waals surface area contributed by atoms with Crippen LogP contribution in [-0.2, 0) is 12.0 Å². The number of carbonyl (C=O) groups excluding carboxylic acids is 2. The maximum Gasteiger partial charge on any atom is 0.261 e. The lowest BCUT2D eigenvalue weighted by Crippen LogP contribution is -2.44. The van der Waals surface area contributed by atoms with Gasteiger partial charge in [0.15, 0.2) is 0 Å². The highest BCUT2D eigenvalue weighted by atomic mass is 16.2. The molecular formula is C32H33N3O2. The number of hydrogen-bond acceptors (Lipinski definition) is 3. The van der Waals surface area contributed by atoms with Gasteiger partial charge in [0, 0.05) is 28.7 Å². The summed E-state index contributed by atoms with van der Waals surface area (Å²) in [6.45, 7) is 0.388. The molecule has 188 valence electrons. The summed E-state index contributed by atoms with van der Waals surface area (Å²) in [5, 5.41) is 1.20. The van der Waals surface area contributed by atoms with E-state index in [0.29, 0.717) is 30.0 Å². The third-order valence-electron chi connectivity index (χ3n) is 8.70. The Bertz CT molecular complexity index is 1430. The van der Waals surface area contributed by atoms with Gasteiger partial charge < -0.3 is 4.98 Å². The van der Waals surface area contributed by atoms with E-state index in [1.165, 1.54) is 27.1 Å². The fourth-order valence-electron chi connectivity index (χ4n) is 6.63. The van der Waals surface area contributed by atoms with Gasteiger partial charge in [0.2, 0.25) is 0 Å². The highest BCUT2D eigenvalue weighted by Gasteiger charge is 2.40. The first-order chi connectivity index (χ1) is 18.0. The third kappa shape index (κ3) is 3.89. The number of aromatic nitrogens is 1. The summed E-state index contributed by atoms with van der Waals surface area (Å²) in [5.41, 5.74) is 6.11. The van der Waals surface area contributed by atoms with E-state index in [1.54, 1.807) is 12.1 Å². The molecule has 2 aliphatic rings. The van der Waals surface area contributed by atoms with Crippen molar-refractivity contribution in [2.75, 3.05) is 20.6 Å². The Morgan fingerprint density at radius 3 is 2.08 bits per heavy atom. The third-order valence-corrected chi connectivity index (χ3v) is 8.70. The first kappa shape index (κ1) is 23.7. The molecule has 1 saturated carbocycles. The summed E-state index contributed by atoms with van der Waals surface area (Å²) >= 11 is 0. The summed E-state index contributed by atoms with van der Waals surface area (Å²) in [7, 11) is 4.40. The van der Waals surface area contributed by atoms with E-state index in [4.69, 9.17) is 0 Å². The largest absolute Gasteiger partial charge is 0.358 e. The molecule has 1 aliphatic heterocycles. The van der Waals surface area contributed by atoms with Gasteiger partial charge in [-0.2, -0.15) is 0 Å². The standard InChI is InChI=1S/C32H33N3O2/c1-34(2)32(23-10-4-3-5-11-23)19-16-22(17-20-32)29-25(24-12-8-9-15-28(24)33-29)18-21-35-30(36)26-13-6-7-14-27(26)31(35)37/h3-15,22,33H,16-21H2,1-2H3. The number of para-hydroxylation sites is 1. The van der Waals surface area contributed by atoms with Crippen LogP contribution in [0.25, 0.3) is 10.9 Å². The van der Waals surface area contributed by atoms with Crippen LogP contribution in [-0.4, -0.2) is 47.2 Å². The average Bonchev–Trinajstić information content (AvgIpc) is 3.42. The van der Waals surface area contributed by atoms with Crippen molar-refractivity contribution in [3.8, 4) is 0 Å². The summed E-state index contributed by atoms with van der Waals surface area (Å²) < 4.78 is 0. The molecule has 1 aliphatic carbocycles. The summed E-state index contributed by atoms with van der Waals surface area (Å²) in [4.78, 5) is 33.5. The number of benzene rings is 3. The number of fused-ring (bicyclic) bond motifs is 2. The van der Waals surface area contributed by atoms with Gasteiger partial charge in [0.25, 0.3) is 11.8 Å². The lowest BCUT2D eigenvalue weighted by atomic mass is 9.70. The smallest absolute Gasteiger partial charge is 0.261 e. The van der Waals surface area contributed by atoms with Crippen molar-refractivity contribution in [1.82, 2.24) is 14.8 Å². The van der Waals surface area contributed by atoms with Crippen molar-refractivity contribution in [2.45, 2.75) is 43.6 Å². The Morgan fingerprint density at radius 2 is 1.43 bits per heavy atom. The molecule has 2 heterocycles. The van der Waals surface area contributed by atoms with E-state index in [9.17, 15) is 9.59 Å². The molecule has 5 heteroatoms. The molecule has 37 heavy (non-hydrogen) atoms. The van der Waals surface area contributed by atoms with Crippen LogP contribution in [0.2, 0.25) is 0 Å². The molecule has 0 bridgehead atoms. The molecule has 1 fully saturated rings. The van der Waals surface area contributed by atoms with E-state index >= 15 is 0 Å². The molecule has 0 spiro atoms. The molecule has 0 saturated heterocycles. The molecule has 3 aromatic carbocycles. The van der Waals surface area contributed by atoms with E-state index in [2.05, 4.69) is 78.6 Å². The molecule has 0 unspecified atom stereocenters. The Kier molecular flexibility index (Phi) is 5.96. The monoisotopic (exact) mass is 491 g/mol. The predicted molar refractivity (Wildman–Crippen MR) is 147 cm³/mol. The molecular weight excluding hydrogens is 458 g/mol.